The Morgan fingerprint density at radius 1 is 1.45 bits per heavy atom. The van der Waals surface area contributed by atoms with Gasteiger partial charge in [-0.2, -0.15) is 0 Å². The lowest BCUT2D eigenvalue weighted by atomic mass is 10.0. The summed E-state index contributed by atoms with van der Waals surface area (Å²) < 4.78 is 5.02. The first-order chi connectivity index (χ1) is 9.40. The van der Waals surface area contributed by atoms with Crippen LogP contribution in [-0.4, -0.2) is 28.2 Å². The van der Waals surface area contributed by atoms with E-state index in [4.69, 9.17) is 9.84 Å². The van der Waals surface area contributed by atoms with Crippen LogP contribution >= 0.6 is 0 Å². The number of aliphatic carboxylic acids is 1. The number of carboxylic acid groups (broad SMARTS) is 1. The van der Waals surface area contributed by atoms with Crippen LogP contribution in [0, 0.1) is 12.8 Å². The molecule has 6 nitrogen and oxygen atoms in total. The molecule has 0 radical (unpaired) electrons. The number of hydrogen-bond acceptors (Lipinski definition) is 4. The summed E-state index contributed by atoms with van der Waals surface area (Å²) in [4.78, 5) is 26.7. The van der Waals surface area contributed by atoms with Gasteiger partial charge in [0.25, 0.3) is 0 Å². The first-order valence-corrected chi connectivity index (χ1v) is 6.46. The maximum atomic E-state index is 11.6. The number of carbonyl (C=O) groups is 2. The number of aryl methyl sites for hydroxylation is 1. The highest BCUT2D eigenvalue weighted by molar-refractivity contribution is 5.79. The van der Waals surface area contributed by atoms with Crippen LogP contribution < -0.4 is 5.32 Å². The number of alkyl carbamates (subject to hydrolysis) is 1. The van der Waals surface area contributed by atoms with Crippen molar-refractivity contribution in [3.8, 4) is 0 Å². The molecule has 0 spiro atoms. The molecule has 0 bridgehead atoms. The van der Waals surface area contributed by atoms with Gasteiger partial charge in [-0.15, -0.1) is 0 Å². The van der Waals surface area contributed by atoms with E-state index in [0.29, 0.717) is 6.42 Å². The average molecular weight is 280 g/mol. The largest absolute Gasteiger partial charge is 0.480 e. The van der Waals surface area contributed by atoms with Crippen LogP contribution in [0.5, 0.6) is 0 Å². The number of pyridine rings is 1. The molecule has 0 aliphatic heterocycles. The maximum Gasteiger partial charge on any atom is 0.408 e. The third-order valence-electron chi connectivity index (χ3n) is 2.77. The summed E-state index contributed by atoms with van der Waals surface area (Å²) in [7, 11) is 0. The zero-order valence-electron chi connectivity index (χ0n) is 11.9. The Morgan fingerprint density at radius 2 is 2.15 bits per heavy atom. The van der Waals surface area contributed by atoms with E-state index in [0.717, 1.165) is 11.3 Å². The topological polar surface area (TPSA) is 88.5 Å². The lowest BCUT2D eigenvalue weighted by Crippen LogP contribution is -2.41. The second-order valence-corrected chi connectivity index (χ2v) is 4.99. The number of hydrogen-bond donors (Lipinski definition) is 2. The number of carbonyl (C=O) groups excluding carboxylic acids is 1. The van der Waals surface area contributed by atoms with Gasteiger partial charge in [0.1, 0.15) is 12.6 Å². The van der Waals surface area contributed by atoms with Crippen molar-refractivity contribution in [1.29, 1.82) is 0 Å². The number of rotatable bonds is 6. The van der Waals surface area contributed by atoms with Gasteiger partial charge in [-0.05, 0) is 25.3 Å². The van der Waals surface area contributed by atoms with Crippen molar-refractivity contribution in [2.75, 3.05) is 0 Å². The second kappa shape index (κ2) is 7.47. The van der Waals surface area contributed by atoms with E-state index in [9.17, 15) is 9.59 Å². The zero-order valence-corrected chi connectivity index (χ0v) is 11.9. The normalized spacial score (nSPS) is 12.0. The molecule has 1 atom stereocenters. The Bertz CT molecular complexity index is 474. The van der Waals surface area contributed by atoms with Gasteiger partial charge >= 0.3 is 12.1 Å². The Balaban J connectivity index is 2.50. The standard InChI is InChI=1S/C14H20N2O4/c1-9(2)7-12(13(17)18)16-14(19)20-8-11-5-4-6-15-10(11)3/h4-6,9,12H,7-8H2,1-3H3,(H,16,19)(H,17,18)/t12-/m0/s1. The van der Waals surface area contributed by atoms with E-state index in [1.807, 2.05) is 20.8 Å². The highest BCUT2D eigenvalue weighted by Gasteiger charge is 2.21. The van der Waals surface area contributed by atoms with Crippen LogP contribution in [0.2, 0.25) is 0 Å². The zero-order chi connectivity index (χ0) is 15.1. The molecule has 0 saturated heterocycles. The predicted molar refractivity (Wildman–Crippen MR) is 73.2 cm³/mol. The summed E-state index contributed by atoms with van der Waals surface area (Å²) in [5.74, 6) is -0.898. The third-order valence-corrected chi connectivity index (χ3v) is 2.77. The van der Waals surface area contributed by atoms with E-state index in [2.05, 4.69) is 10.3 Å². The van der Waals surface area contributed by atoms with Crippen LogP contribution in [0.4, 0.5) is 4.79 Å². The van der Waals surface area contributed by atoms with Gasteiger partial charge in [-0.25, -0.2) is 9.59 Å². The van der Waals surface area contributed by atoms with Gasteiger partial charge in [0, 0.05) is 17.5 Å². The number of nitrogens with one attached hydrogen (secondary N) is 1. The molecule has 0 saturated carbocycles. The number of amides is 1. The smallest absolute Gasteiger partial charge is 0.408 e. The lowest BCUT2D eigenvalue weighted by Gasteiger charge is -2.16. The third kappa shape index (κ3) is 5.26. The summed E-state index contributed by atoms with van der Waals surface area (Å²) >= 11 is 0. The van der Waals surface area contributed by atoms with Crippen LogP contribution in [0.15, 0.2) is 18.3 Å². The Kier molecular flexibility index (Phi) is 5.96. The monoisotopic (exact) mass is 280 g/mol. The fourth-order valence-corrected chi connectivity index (χ4v) is 1.69. The van der Waals surface area contributed by atoms with E-state index in [-0.39, 0.29) is 12.5 Å². The molecule has 1 aromatic rings. The summed E-state index contributed by atoms with van der Waals surface area (Å²) in [5, 5.41) is 11.4. The quantitative estimate of drug-likeness (QED) is 0.833. The lowest BCUT2D eigenvalue weighted by molar-refractivity contribution is -0.139. The average Bonchev–Trinajstić information content (AvgIpc) is 2.36. The molecule has 0 fully saturated rings. The van der Waals surface area contributed by atoms with Gasteiger partial charge in [-0.3, -0.25) is 4.98 Å². The molecule has 1 rings (SSSR count). The molecule has 2 N–H and O–H groups in total. The highest BCUT2D eigenvalue weighted by Crippen LogP contribution is 2.07. The fourth-order valence-electron chi connectivity index (χ4n) is 1.69. The Labute approximate surface area is 118 Å². The van der Waals surface area contributed by atoms with Gasteiger partial charge in [0.15, 0.2) is 0 Å². The number of ether oxygens (including phenoxy) is 1. The maximum absolute atomic E-state index is 11.6. The van der Waals surface area contributed by atoms with E-state index in [1.54, 1.807) is 18.3 Å². The minimum Gasteiger partial charge on any atom is -0.480 e. The van der Waals surface area contributed by atoms with Gasteiger partial charge in [0.2, 0.25) is 0 Å². The Morgan fingerprint density at radius 3 is 2.70 bits per heavy atom. The molecule has 1 amide bonds. The molecule has 1 heterocycles. The number of carboxylic acids is 1. The summed E-state index contributed by atoms with van der Waals surface area (Å²) in [6.07, 6.45) is 1.28. The van der Waals surface area contributed by atoms with Crippen molar-refractivity contribution in [3.05, 3.63) is 29.6 Å². The molecular formula is C14H20N2O4. The van der Waals surface area contributed by atoms with Crippen molar-refractivity contribution in [2.24, 2.45) is 5.92 Å². The van der Waals surface area contributed by atoms with Gasteiger partial charge in [-0.1, -0.05) is 19.9 Å². The van der Waals surface area contributed by atoms with Crippen molar-refractivity contribution in [3.63, 3.8) is 0 Å². The second-order valence-electron chi connectivity index (χ2n) is 4.99. The molecule has 0 aromatic carbocycles. The summed E-state index contributed by atoms with van der Waals surface area (Å²) in [6, 6.07) is 2.62. The summed E-state index contributed by atoms with van der Waals surface area (Å²) in [6.45, 7) is 5.67. The van der Waals surface area contributed by atoms with E-state index < -0.39 is 18.1 Å². The van der Waals surface area contributed by atoms with Crippen LogP contribution in [0.3, 0.4) is 0 Å². The van der Waals surface area contributed by atoms with E-state index in [1.165, 1.54) is 0 Å². The highest BCUT2D eigenvalue weighted by atomic mass is 16.5. The van der Waals surface area contributed by atoms with Crippen molar-refractivity contribution in [1.82, 2.24) is 10.3 Å². The van der Waals surface area contributed by atoms with E-state index >= 15 is 0 Å². The number of aromatic nitrogens is 1. The SMILES string of the molecule is Cc1ncccc1COC(=O)N[C@@H](CC(C)C)C(=O)O. The van der Waals surface area contributed by atoms with Crippen molar-refractivity contribution in [2.45, 2.75) is 39.8 Å². The molecule has 1 aromatic heterocycles. The van der Waals surface area contributed by atoms with Crippen molar-refractivity contribution >= 4 is 12.1 Å². The predicted octanol–water partition coefficient (Wildman–Crippen LogP) is 2.12. The number of nitrogens with zero attached hydrogens (tertiary/aromatic N) is 1. The van der Waals surface area contributed by atoms with Gasteiger partial charge in [0.05, 0.1) is 0 Å². The van der Waals surface area contributed by atoms with Gasteiger partial charge < -0.3 is 15.2 Å². The Hall–Kier alpha value is -2.11. The molecular weight excluding hydrogens is 260 g/mol. The first-order valence-electron chi connectivity index (χ1n) is 6.46. The van der Waals surface area contributed by atoms with Crippen LogP contribution in [-0.2, 0) is 16.1 Å². The molecule has 20 heavy (non-hydrogen) atoms. The first kappa shape index (κ1) is 15.9. The summed E-state index contributed by atoms with van der Waals surface area (Å²) in [5.41, 5.74) is 1.57. The fraction of sp³-hybridized carbons (Fsp3) is 0.500. The minimum atomic E-state index is -1.06. The minimum absolute atomic E-state index is 0.0690. The van der Waals surface area contributed by atoms with Crippen LogP contribution in [0.1, 0.15) is 31.5 Å². The van der Waals surface area contributed by atoms with Crippen molar-refractivity contribution < 1.29 is 19.4 Å². The molecule has 0 aliphatic carbocycles. The van der Waals surface area contributed by atoms with Crippen LogP contribution in [0.25, 0.3) is 0 Å². The molecule has 110 valence electrons. The molecule has 0 aliphatic rings. The molecule has 0 unspecified atom stereocenters. The molecule has 6 heteroatoms.